The average Bonchev–Trinajstić information content (AvgIpc) is 3.48. The fraction of sp³-hybridized carbons (Fsp3) is 0.238. The summed E-state index contributed by atoms with van der Waals surface area (Å²) in [5.74, 6) is -2.07. The van der Waals surface area contributed by atoms with Gasteiger partial charge in [0.1, 0.15) is 36.2 Å². The molecule has 0 bridgehead atoms. The number of aliphatic carboxylic acids is 1. The SMILES string of the molecule is CON=C(C(=O)NC1C(=O)N2C(C(=O)O)=C(C[n+]3ccc4ccsc4c3)CS[C@@H]12)c1coc(N)n1. The highest BCUT2D eigenvalue weighted by Gasteiger charge is 2.54. The lowest BCUT2D eigenvalue weighted by molar-refractivity contribution is -0.687. The largest absolute Gasteiger partial charge is 0.477 e. The molecule has 0 radical (unpaired) electrons. The first kappa shape index (κ1) is 22.9. The third-order valence-corrected chi connectivity index (χ3v) is 7.73. The van der Waals surface area contributed by atoms with Crippen LogP contribution in [-0.4, -0.2) is 62.8 Å². The van der Waals surface area contributed by atoms with Gasteiger partial charge in [0.25, 0.3) is 17.8 Å². The lowest BCUT2D eigenvalue weighted by atomic mass is 10.0. The van der Waals surface area contributed by atoms with Gasteiger partial charge >= 0.3 is 5.97 Å². The molecule has 2 amide bonds. The molecule has 14 heteroatoms. The number of aromatic nitrogens is 2. The van der Waals surface area contributed by atoms with Gasteiger partial charge in [-0.2, -0.15) is 9.55 Å². The Morgan fingerprint density at radius 2 is 2.29 bits per heavy atom. The average molecular weight is 516 g/mol. The maximum absolute atomic E-state index is 13.0. The summed E-state index contributed by atoms with van der Waals surface area (Å²) in [5.41, 5.74) is 5.82. The molecule has 1 unspecified atom stereocenters. The first-order valence-electron chi connectivity index (χ1n) is 10.3. The molecule has 35 heavy (non-hydrogen) atoms. The molecule has 0 spiro atoms. The number of carbonyl (C=O) groups excluding carboxylic acids is 2. The minimum atomic E-state index is -1.19. The Morgan fingerprint density at radius 1 is 1.46 bits per heavy atom. The van der Waals surface area contributed by atoms with Crippen LogP contribution in [0.1, 0.15) is 5.69 Å². The van der Waals surface area contributed by atoms with E-state index in [4.69, 9.17) is 15.0 Å². The Balaban J connectivity index is 1.36. The van der Waals surface area contributed by atoms with Crippen molar-refractivity contribution in [1.29, 1.82) is 0 Å². The molecule has 1 fully saturated rings. The second-order valence-corrected chi connectivity index (χ2v) is 9.72. The summed E-state index contributed by atoms with van der Waals surface area (Å²) in [6.45, 7) is 0.328. The first-order valence-corrected chi connectivity index (χ1v) is 12.2. The molecule has 0 aliphatic carbocycles. The molecule has 3 aromatic rings. The van der Waals surface area contributed by atoms with Crippen molar-refractivity contribution in [2.75, 3.05) is 18.6 Å². The minimum Gasteiger partial charge on any atom is -0.477 e. The number of thioether (sulfide) groups is 1. The second kappa shape index (κ2) is 9.03. The molecule has 2 atom stereocenters. The number of nitrogen functional groups attached to an aromatic ring is 1. The third kappa shape index (κ3) is 4.10. The molecule has 5 heterocycles. The maximum Gasteiger partial charge on any atom is 0.352 e. The summed E-state index contributed by atoms with van der Waals surface area (Å²) in [4.78, 5) is 47.7. The summed E-state index contributed by atoms with van der Waals surface area (Å²) in [6, 6.07) is 2.88. The summed E-state index contributed by atoms with van der Waals surface area (Å²) < 4.78 is 7.89. The standard InChI is InChI=1S/C21H18N6O6S2/c1-32-25-14(12-8-33-21(22)23-12)17(28)24-15-18(29)27-16(20(30)31)11(9-35-19(15)27)6-26-4-2-10-3-5-34-13(10)7-26/h2-5,7-8,15,19H,6,9H2,1H3,(H3-,22,23,24,28,30,31)/p+1/t15?,19-/m0/s1. The molecular formula is C21H19N6O6S2+. The van der Waals surface area contributed by atoms with Crippen LogP contribution in [0.4, 0.5) is 6.01 Å². The summed E-state index contributed by atoms with van der Waals surface area (Å²) in [7, 11) is 1.25. The topological polar surface area (TPSA) is 164 Å². The van der Waals surface area contributed by atoms with Gasteiger partial charge < -0.3 is 25.4 Å². The van der Waals surface area contributed by atoms with Crippen LogP contribution >= 0.6 is 23.1 Å². The number of β-lactam (4-membered cyclic amide) rings is 1. The molecule has 3 aromatic heterocycles. The zero-order chi connectivity index (χ0) is 24.7. The van der Waals surface area contributed by atoms with Gasteiger partial charge in [-0.15, -0.1) is 23.1 Å². The van der Waals surface area contributed by atoms with Crippen LogP contribution in [0.5, 0.6) is 0 Å². The van der Waals surface area contributed by atoms with Crippen molar-refractivity contribution < 1.29 is 33.3 Å². The molecule has 2 aliphatic rings. The van der Waals surface area contributed by atoms with Gasteiger partial charge in [-0.1, -0.05) is 5.16 Å². The van der Waals surface area contributed by atoms with Crippen molar-refractivity contribution >= 4 is 62.7 Å². The van der Waals surface area contributed by atoms with Crippen LogP contribution < -0.4 is 15.6 Å². The number of fused-ring (bicyclic) bond motifs is 2. The van der Waals surface area contributed by atoms with Crippen molar-refractivity contribution in [3.8, 4) is 0 Å². The van der Waals surface area contributed by atoms with Crippen LogP contribution in [0, 0.1) is 0 Å². The molecule has 12 nitrogen and oxygen atoms in total. The van der Waals surface area contributed by atoms with Crippen molar-refractivity contribution in [1.82, 2.24) is 15.2 Å². The van der Waals surface area contributed by atoms with Gasteiger partial charge in [-0.3, -0.25) is 14.5 Å². The van der Waals surface area contributed by atoms with E-state index in [1.807, 2.05) is 34.5 Å². The molecular weight excluding hydrogens is 496 g/mol. The zero-order valence-corrected chi connectivity index (χ0v) is 19.8. The van der Waals surface area contributed by atoms with E-state index in [0.29, 0.717) is 17.9 Å². The van der Waals surface area contributed by atoms with Gasteiger partial charge in [0.2, 0.25) is 0 Å². The molecule has 2 aliphatic heterocycles. The fourth-order valence-corrected chi connectivity index (χ4v) is 6.13. The van der Waals surface area contributed by atoms with Crippen LogP contribution in [-0.2, 0) is 25.8 Å². The number of rotatable bonds is 7. The second-order valence-electron chi connectivity index (χ2n) is 7.67. The number of nitrogens with zero attached hydrogens (tertiary/aromatic N) is 4. The van der Waals surface area contributed by atoms with Crippen LogP contribution in [0.25, 0.3) is 10.1 Å². The van der Waals surface area contributed by atoms with E-state index in [2.05, 4.69) is 15.5 Å². The molecule has 180 valence electrons. The van der Waals surface area contributed by atoms with E-state index in [1.54, 1.807) is 11.3 Å². The van der Waals surface area contributed by atoms with Gasteiger partial charge in [0.15, 0.2) is 24.7 Å². The van der Waals surface area contributed by atoms with Gasteiger partial charge in [-0.05, 0) is 11.4 Å². The third-order valence-electron chi connectivity index (χ3n) is 5.53. The van der Waals surface area contributed by atoms with Crippen molar-refractivity contribution in [2.24, 2.45) is 5.16 Å². The molecule has 1 saturated heterocycles. The number of oxazole rings is 1. The number of carbonyl (C=O) groups is 3. The fourth-order valence-electron chi connectivity index (χ4n) is 3.97. The van der Waals surface area contributed by atoms with Crippen molar-refractivity contribution in [2.45, 2.75) is 18.0 Å². The minimum absolute atomic E-state index is 0.0370. The van der Waals surface area contributed by atoms with E-state index < -0.39 is 29.2 Å². The number of carboxylic acid groups (broad SMARTS) is 1. The highest BCUT2D eigenvalue weighted by molar-refractivity contribution is 8.00. The summed E-state index contributed by atoms with van der Waals surface area (Å²) in [6.07, 6.45) is 4.98. The monoisotopic (exact) mass is 515 g/mol. The van der Waals surface area contributed by atoms with Gasteiger partial charge in [0, 0.05) is 22.8 Å². The molecule has 5 rings (SSSR count). The number of hydrogen-bond acceptors (Lipinski definition) is 10. The Bertz CT molecular complexity index is 1410. The Kier molecular flexibility index (Phi) is 5.90. The highest BCUT2D eigenvalue weighted by atomic mass is 32.2. The number of amides is 2. The lowest BCUT2D eigenvalue weighted by Crippen LogP contribution is -2.71. The van der Waals surface area contributed by atoms with E-state index in [9.17, 15) is 19.5 Å². The molecule has 4 N–H and O–H groups in total. The number of carboxylic acids is 1. The summed E-state index contributed by atoms with van der Waals surface area (Å²) >= 11 is 2.97. The Hall–Kier alpha value is -3.91. The van der Waals surface area contributed by atoms with Crippen molar-refractivity contribution in [3.63, 3.8) is 0 Å². The van der Waals surface area contributed by atoms with Gasteiger partial charge in [0.05, 0.1) is 4.70 Å². The van der Waals surface area contributed by atoms with Crippen LogP contribution in [0.15, 0.2) is 57.0 Å². The van der Waals surface area contributed by atoms with E-state index >= 15 is 0 Å². The van der Waals surface area contributed by atoms with E-state index in [1.165, 1.54) is 23.8 Å². The smallest absolute Gasteiger partial charge is 0.352 e. The maximum atomic E-state index is 13.0. The number of nitrogens with one attached hydrogen (secondary N) is 1. The van der Waals surface area contributed by atoms with E-state index in [0.717, 1.165) is 16.3 Å². The Morgan fingerprint density at radius 3 is 3.00 bits per heavy atom. The van der Waals surface area contributed by atoms with Crippen LogP contribution in [0.3, 0.4) is 0 Å². The predicted molar refractivity (Wildman–Crippen MR) is 126 cm³/mol. The number of nitrogens with two attached hydrogens (primary N) is 1. The quantitative estimate of drug-likeness (QED) is 0.176. The predicted octanol–water partition coefficient (Wildman–Crippen LogP) is 0.548. The normalized spacial score (nSPS) is 20.0. The summed E-state index contributed by atoms with van der Waals surface area (Å²) in [5, 5.41) is 18.7. The number of hydrogen-bond donors (Lipinski definition) is 3. The molecule has 0 aromatic carbocycles. The number of thiophene rings is 1. The molecule has 0 saturated carbocycles. The van der Waals surface area contributed by atoms with Gasteiger partial charge in [-0.25, -0.2) is 4.79 Å². The first-order chi connectivity index (χ1) is 16.9. The highest BCUT2D eigenvalue weighted by Crippen LogP contribution is 2.40. The Labute approximate surface area is 206 Å². The lowest BCUT2D eigenvalue weighted by Gasteiger charge is -2.49. The van der Waals surface area contributed by atoms with Crippen molar-refractivity contribution in [3.05, 3.63) is 53.1 Å². The number of oxime groups is 1. The van der Waals surface area contributed by atoms with Crippen LogP contribution in [0.2, 0.25) is 0 Å². The van der Waals surface area contributed by atoms with E-state index in [-0.39, 0.29) is 23.1 Å². The number of anilines is 1. The zero-order valence-electron chi connectivity index (χ0n) is 18.2. The number of pyridine rings is 1.